The molecule has 0 bridgehead atoms. The van der Waals surface area contributed by atoms with E-state index in [1.165, 1.54) is 16.9 Å². The number of aromatic nitrogens is 2. The molecule has 17 heavy (non-hydrogen) atoms. The molecule has 1 fully saturated rings. The van der Waals surface area contributed by atoms with Crippen LogP contribution in [-0.2, 0) is 11.3 Å². The van der Waals surface area contributed by atoms with E-state index in [-0.39, 0.29) is 18.0 Å². The van der Waals surface area contributed by atoms with Gasteiger partial charge < -0.3 is 10.2 Å². The summed E-state index contributed by atoms with van der Waals surface area (Å²) in [6.45, 7) is 3.21. The van der Waals surface area contributed by atoms with Crippen LogP contribution in [0.25, 0.3) is 0 Å². The van der Waals surface area contributed by atoms with Crippen LogP contribution < -0.4 is 10.9 Å². The van der Waals surface area contributed by atoms with Crippen molar-refractivity contribution in [2.75, 3.05) is 26.2 Å². The average Bonchev–Trinajstić information content (AvgIpc) is 2.61. The second-order valence-electron chi connectivity index (χ2n) is 4.00. The summed E-state index contributed by atoms with van der Waals surface area (Å²) in [5, 5.41) is 7.11. The van der Waals surface area contributed by atoms with Gasteiger partial charge in [-0.25, -0.2) is 4.68 Å². The fourth-order valence-electron chi connectivity index (χ4n) is 1.83. The zero-order valence-electron chi connectivity index (χ0n) is 9.63. The Morgan fingerprint density at radius 1 is 1.41 bits per heavy atom. The maximum absolute atomic E-state index is 12.0. The van der Waals surface area contributed by atoms with Gasteiger partial charge in [-0.1, -0.05) is 0 Å². The molecule has 1 aliphatic heterocycles. The third-order valence-electron chi connectivity index (χ3n) is 2.76. The highest BCUT2D eigenvalue weighted by Gasteiger charge is 2.16. The first-order valence-electron chi connectivity index (χ1n) is 5.78. The summed E-state index contributed by atoms with van der Waals surface area (Å²) in [6, 6.07) is 2.98. The molecule has 1 aromatic heterocycles. The van der Waals surface area contributed by atoms with E-state index in [4.69, 9.17) is 0 Å². The van der Waals surface area contributed by atoms with Crippen molar-refractivity contribution < 1.29 is 4.79 Å². The SMILES string of the molecule is O=C(Cn1ncccc1=O)N1CCCNCC1. The topological polar surface area (TPSA) is 67.2 Å². The molecule has 0 aliphatic carbocycles. The Morgan fingerprint density at radius 3 is 3.12 bits per heavy atom. The van der Waals surface area contributed by atoms with E-state index in [0.29, 0.717) is 6.54 Å². The van der Waals surface area contributed by atoms with E-state index >= 15 is 0 Å². The highest BCUT2D eigenvalue weighted by Crippen LogP contribution is 1.97. The van der Waals surface area contributed by atoms with Crippen molar-refractivity contribution in [3.05, 3.63) is 28.7 Å². The number of hydrogen-bond donors (Lipinski definition) is 1. The van der Waals surface area contributed by atoms with Crippen molar-refractivity contribution in [1.29, 1.82) is 0 Å². The Hall–Kier alpha value is -1.69. The first-order valence-corrected chi connectivity index (χ1v) is 5.78. The number of nitrogens with zero attached hydrogens (tertiary/aromatic N) is 3. The minimum atomic E-state index is -0.242. The van der Waals surface area contributed by atoms with Crippen LogP contribution in [0.4, 0.5) is 0 Å². The van der Waals surface area contributed by atoms with Gasteiger partial charge in [-0.2, -0.15) is 5.10 Å². The number of amides is 1. The fraction of sp³-hybridized carbons (Fsp3) is 0.545. The lowest BCUT2D eigenvalue weighted by molar-refractivity contribution is -0.131. The van der Waals surface area contributed by atoms with Crippen LogP contribution in [0.1, 0.15) is 6.42 Å². The first kappa shape index (κ1) is 11.8. The minimum Gasteiger partial charge on any atom is -0.340 e. The highest BCUT2D eigenvalue weighted by atomic mass is 16.2. The van der Waals surface area contributed by atoms with E-state index in [0.717, 1.165) is 26.1 Å². The molecule has 1 aromatic rings. The zero-order valence-corrected chi connectivity index (χ0v) is 9.63. The molecule has 1 amide bonds. The van der Waals surface area contributed by atoms with Crippen LogP contribution in [-0.4, -0.2) is 46.8 Å². The highest BCUT2D eigenvalue weighted by molar-refractivity contribution is 5.75. The van der Waals surface area contributed by atoms with E-state index in [2.05, 4.69) is 10.4 Å². The quantitative estimate of drug-likeness (QED) is 0.720. The lowest BCUT2D eigenvalue weighted by Crippen LogP contribution is -2.39. The molecule has 2 rings (SSSR count). The minimum absolute atomic E-state index is 0.0275. The smallest absolute Gasteiger partial charge is 0.267 e. The fourth-order valence-corrected chi connectivity index (χ4v) is 1.83. The van der Waals surface area contributed by atoms with Crippen LogP contribution in [0.5, 0.6) is 0 Å². The largest absolute Gasteiger partial charge is 0.340 e. The molecule has 0 radical (unpaired) electrons. The van der Waals surface area contributed by atoms with Gasteiger partial charge in [-0.3, -0.25) is 9.59 Å². The van der Waals surface area contributed by atoms with Gasteiger partial charge in [0.1, 0.15) is 6.54 Å². The van der Waals surface area contributed by atoms with Crippen molar-refractivity contribution in [2.24, 2.45) is 0 Å². The maximum Gasteiger partial charge on any atom is 0.267 e. The monoisotopic (exact) mass is 236 g/mol. The molecule has 0 unspecified atom stereocenters. The summed E-state index contributed by atoms with van der Waals surface area (Å²) in [4.78, 5) is 25.2. The number of rotatable bonds is 2. The number of nitrogens with one attached hydrogen (secondary N) is 1. The molecular formula is C11H16N4O2. The van der Waals surface area contributed by atoms with Gasteiger partial charge >= 0.3 is 0 Å². The van der Waals surface area contributed by atoms with Crippen molar-refractivity contribution in [1.82, 2.24) is 20.0 Å². The van der Waals surface area contributed by atoms with E-state index in [1.807, 2.05) is 0 Å². The summed E-state index contributed by atoms with van der Waals surface area (Å²) in [5.41, 5.74) is -0.242. The van der Waals surface area contributed by atoms with Gasteiger partial charge in [0.15, 0.2) is 0 Å². The van der Waals surface area contributed by atoms with Crippen LogP contribution in [0.2, 0.25) is 0 Å². The number of carbonyl (C=O) groups is 1. The van der Waals surface area contributed by atoms with Gasteiger partial charge in [-0.15, -0.1) is 0 Å². The van der Waals surface area contributed by atoms with Gasteiger partial charge in [-0.05, 0) is 19.0 Å². The number of carbonyl (C=O) groups excluding carboxylic acids is 1. The van der Waals surface area contributed by atoms with Crippen LogP contribution in [0.3, 0.4) is 0 Å². The molecule has 1 N–H and O–H groups in total. The molecular weight excluding hydrogens is 220 g/mol. The van der Waals surface area contributed by atoms with Crippen molar-refractivity contribution >= 4 is 5.91 Å². The van der Waals surface area contributed by atoms with E-state index in [1.54, 1.807) is 11.0 Å². The Balaban J connectivity index is 2.01. The summed E-state index contributed by atoms with van der Waals surface area (Å²) in [7, 11) is 0. The molecule has 0 saturated carbocycles. The predicted octanol–water partition coefficient (Wildman–Crippen LogP) is -0.935. The molecule has 0 spiro atoms. The summed E-state index contributed by atoms with van der Waals surface area (Å²) in [6.07, 6.45) is 2.46. The molecule has 92 valence electrons. The second kappa shape index (κ2) is 5.58. The Kier molecular flexibility index (Phi) is 3.87. The standard InChI is InChI=1S/C11H16N4O2/c16-10-3-1-5-13-15(10)9-11(17)14-7-2-4-12-6-8-14/h1,3,5,12H,2,4,6-9H2. The van der Waals surface area contributed by atoms with Crippen LogP contribution >= 0.6 is 0 Å². The first-order chi connectivity index (χ1) is 8.27. The second-order valence-corrected chi connectivity index (χ2v) is 4.00. The lowest BCUT2D eigenvalue weighted by atomic mass is 10.4. The van der Waals surface area contributed by atoms with Crippen molar-refractivity contribution in [3.8, 4) is 0 Å². The van der Waals surface area contributed by atoms with Gasteiger partial charge in [0.25, 0.3) is 5.56 Å². The molecule has 1 saturated heterocycles. The Bertz CT molecular complexity index is 435. The zero-order chi connectivity index (χ0) is 12.1. The lowest BCUT2D eigenvalue weighted by Gasteiger charge is -2.19. The molecule has 6 heteroatoms. The van der Waals surface area contributed by atoms with Crippen LogP contribution in [0, 0.1) is 0 Å². The Labute approximate surface area is 99.2 Å². The summed E-state index contributed by atoms with van der Waals surface area (Å²) >= 11 is 0. The van der Waals surface area contributed by atoms with E-state index in [9.17, 15) is 9.59 Å². The van der Waals surface area contributed by atoms with Crippen LogP contribution in [0.15, 0.2) is 23.1 Å². The third kappa shape index (κ3) is 3.13. The molecule has 0 atom stereocenters. The summed E-state index contributed by atoms with van der Waals surface area (Å²) in [5.74, 6) is -0.0468. The summed E-state index contributed by atoms with van der Waals surface area (Å²) < 4.78 is 1.20. The molecule has 6 nitrogen and oxygen atoms in total. The van der Waals surface area contributed by atoms with Gasteiger partial charge in [0.05, 0.1) is 0 Å². The normalized spacial score (nSPS) is 16.6. The molecule has 2 heterocycles. The predicted molar refractivity (Wildman–Crippen MR) is 62.6 cm³/mol. The molecule has 1 aliphatic rings. The van der Waals surface area contributed by atoms with Gasteiger partial charge in [0.2, 0.25) is 5.91 Å². The van der Waals surface area contributed by atoms with Gasteiger partial charge in [0, 0.05) is 31.9 Å². The molecule has 0 aromatic carbocycles. The van der Waals surface area contributed by atoms with E-state index < -0.39 is 0 Å². The average molecular weight is 236 g/mol. The Morgan fingerprint density at radius 2 is 2.29 bits per heavy atom. The number of hydrogen-bond acceptors (Lipinski definition) is 4. The maximum atomic E-state index is 12.0. The third-order valence-corrected chi connectivity index (χ3v) is 2.76. The van der Waals surface area contributed by atoms with Crippen molar-refractivity contribution in [2.45, 2.75) is 13.0 Å². The van der Waals surface area contributed by atoms with Crippen molar-refractivity contribution in [3.63, 3.8) is 0 Å².